The van der Waals surface area contributed by atoms with Crippen LogP contribution in [0.1, 0.15) is 109 Å². The largest absolute Gasteiger partial charge is 0.397 e. The van der Waals surface area contributed by atoms with Gasteiger partial charge < -0.3 is 11.1 Å². The highest BCUT2D eigenvalue weighted by atomic mass is 14.9. The molecule has 0 saturated heterocycles. The van der Waals surface area contributed by atoms with E-state index in [4.69, 9.17) is 5.73 Å². The van der Waals surface area contributed by atoms with E-state index in [1.807, 2.05) is 77.9 Å². The summed E-state index contributed by atoms with van der Waals surface area (Å²) in [6.45, 7) is 25.7. The Bertz CT molecular complexity index is 1670. The van der Waals surface area contributed by atoms with Gasteiger partial charge in [-0.05, 0) is 67.2 Å². The lowest BCUT2D eigenvalue weighted by molar-refractivity contribution is 0.568. The van der Waals surface area contributed by atoms with Crippen LogP contribution in [0, 0.1) is 0 Å². The van der Waals surface area contributed by atoms with Crippen LogP contribution in [-0.2, 0) is 21.7 Å². The standard InChI is InChI=1S/C40H52N2/c1-37(2,3)28-20-26(21-29(24-28)38(4,5)6)32-16-15-17-33(36(32)42-35-19-14-13-18-34(35)41)27-22-30(39(7,8)9)25-31(23-27)40(10,11)12/h13-25,42H,41H2,1-12H3/i20D,21D,24D. The minimum Gasteiger partial charge on any atom is -0.397 e. The maximum Gasteiger partial charge on any atom is 0.0632 e. The molecule has 0 aliphatic rings. The molecule has 0 aliphatic carbocycles. The quantitative estimate of drug-likeness (QED) is 0.242. The summed E-state index contributed by atoms with van der Waals surface area (Å²) < 4.78 is 28.3. The van der Waals surface area contributed by atoms with Crippen LogP contribution in [0.15, 0.2) is 78.8 Å². The second kappa shape index (κ2) is 11.0. The zero-order valence-electron chi connectivity index (χ0n) is 30.9. The molecule has 4 aromatic rings. The first-order chi connectivity index (χ1) is 20.5. The predicted octanol–water partition coefficient (Wildman–Crippen LogP) is 11.5. The van der Waals surface area contributed by atoms with E-state index in [9.17, 15) is 4.11 Å². The topological polar surface area (TPSA) is 38.0 Å². The van der Waals surface area contributed by atoms with E-state index >= 15 is 0 Å². The smallest absolute Gasteiger partial charge is 0.0632 e. The molecule has 0 fully saturated rings. The summed E-state index contributed by atoms with van der Waals surface area (Å²) in [6.07, 6.45) is 0. The Kier molecular flexibility index (Phi) is 7.13. The molecule has 0 unspecified atom stereocenters. The molecule has 4 aromatic carbocycles. The highest BCUT2D eigenvalue weighted by Crippen LogP contribution is 2.44. The molecule has 0 amide bonds. The average molecular weight is 564 g/mol. The number of nitrogens with two attached hydrogens (primary N) is 1. The van der Waals surface area contributed by atoms with Crippen LogP contribution in [-0.4, -0.2) is 0 Å². The highest BCUT2D eigenvalue weighted by molar-refractivity contribution is 5.94. The van der Waals surface area contributed by atoms with Gasteiger partial charge in [-0.1, -0.05) is 150 Å². The Morgan fingerprint density at radius 3 is 1.43 bits per heavy atom. The fourth-order valence-electron chi connectivity index (χ4n) is 4.88. The minimum atomic E-state index is -0.464. The summed E-state index contributed by atoms with van der Waals surface area (Å²) in [4.78, 5) is 0. The van der Waals surface area contributed by atoms with Gasteiger partial charge in [0, 0.05) is 11.1 Å². The van der Waals surface area contributed by atoms with E-state index in [2.05, 4.69) is 71.1 Å². The SMILES string of the molecule is [2H]c1c(-c2cccc(-c3cc(C(C)(C)C)cc(C(C)(C)C)c3)c2Nc2ccccc2N)c([2H])c(C(C)(C)C)c([2H])c1C(C)(C)C. The predicted molar refractivity (Wildman–Crippen MR) is 186 cm³/mol. The van der Waals surface area contributed by atoms with Crippen molar-refractivity contribution in [3.8, 4) is 22.3 Å². The summed E-state index contributed by atoms with van der Waals surface area (Å²) in [5.41, 5.74) is 14.7. The van der Waals surface area contributed by atoms with Crippen molar-refractivity contribution in [3.05, 3.63) is 101 Å². The summed E-state index contributed by atoms with van der Waals surface area (Å²) in [5, 5.41) is 3.67. The summed E-state index contributed by atoms with van der Waals surface area (Å²) in [6, 6.07) is 21.4. The first-order valence-corrected chi connectivity index (χ1v) is 15.1. The molecule has 0 spiro atoms. The lowest BCUT2D eigenvalue weighted by Crippen LogP contribution is -2.17. The fourth-order valence-corrected chi connectivity index (χ4v) is 4.88. The van der Waals surface area contributed by atoms with Crippen molar-refractivity contribution in [1.82, 2.24) is 0 Å². The Morgan fingerprint density at radius 1 is 0.524 bits per heavy atom. The van der Waals surface area contributed by atoms with Gasteiger partial charge in [-0.15, -0.1) is 0 Å². The maximum absolute atomic E-state index is 9.56. The Labute approximate surface area is 260 Å². The fraction of sp³-hybridized carbons (Fsp3) is 0.400. The Hall–Kier alpha value is -3.52. The molecule has 42 heavy (non-hydrogen) atoms. The lowest BCUT2D eigenvalue weighted by atomic mass is 9.77. The van der Waals surface area contributed by atoms with Gasteiger partial charge in [0.15, 0.2) is 0 Å². The lowest BCUT2D eigenvalue weighted by Gasteiger charge is -2.28. The Balaban J connectivity index is 2.21. The number of hydrogen-bond donors (Lipinski definition) is 2. The van der Waals surface area contributed by atoms with Crippen LogP contribution in [0.2, 0.25) is 0 Å². The first kappa shape index (κ1) is 27.3. The monoisotopic (exact) mass is 563 g/mol. The molecule has 0 bridgehead atoms. The second-order valence-corrected chi connectivity index (χ2v) is 15.7. The van der Waals surface area contributed by atoms with E-state index < -0.39 is 10.8 Å². The molecule has 0 aromatic heterocycles. The summed E-state index contributed by atoms with van der Waals surface area (Å²) >= 11 is 0. The normalized spacial score (nSPS) is 13.9. The number of nitrogen functional groups attached to an aromatic ring is 1. The van der Waals surface area contributed by atoms with Crippen molar-refractivity contribution in [3.63, 3.8) is 0 Å². The van der Waals surface area contributed by atoms with Gasteiger partial charge in [0.25, 0.3) is 0 Å². The molecular weight excluding hydrogens is 508 g/mol. The molecule has 2 heteroatoms. The van der Waals surface area contributed by atoms with Crippen molar-refractivity contribution in [2.45, 2.75) is 105 Å². The average Bonchev–Trinajstić information content (AvgIpc) is 2.87. The molecule has 0 heterocycles. The molecule has 2 nitrogen and oxygen atoms in total. The van der Waals surface area contributed by atoms with Crippen LogP contribution >= 0.6 is 0 Å². The van der Waals surface area contributed by atoms with Gasteiger partial charge in [0.05, 0.1) is 21.2 Å². The van der Waals surface area contributed by atoms with Gasteiger partial charge in [-0.2, -0.15) is 0 Å². The minimum absolute atomic E-state index is 0.0685. The molecule has 0 atom stereocenters. The summed E-state index contributed by atoms with van der Waals surface area (Å²) in [7, 11) is 0. The zero-order chi connectivity index (χ0) is 33.9. The number of hydrogen-bond acceptors (Lipinski definition) is 2. The number of benzene rings is 4. The van der Waals surface area contributed by atoms with Crippen LogP contribution in [0.4, 0.5) is 17.1 Å². The van der Waals surface area contributed by atoms with Crippen molar-refractivity contribution >= 4 is 17.1 Å². The Morgan fingerprint density at radius 2 is 0.976 bits per heavy atom. The van der Waals surface area contributed by atoms with Crippen molar-refractivity contribution in [2.24, 2.45) is 0 Å². The molecule has 0 radical (unpaired) electrons. The van der Waals surface area contributed by atoms with Crippen LogP contribution in [0.25, 0.3) is 22.3 Å². The van der Waals surface area contributed by atoms with Crippen molar-refractivity contribution in [1.29, 1.82) is 0 Å². The number of rotatable bonds is 4. The van der Waals surface area contributed by atoms with Gasteiger partial charge >= 0.3 is 0 Å². The van der Waals surface area contributed by atoms with Crippen molar-refractivity contribution < 1.29 is 4.11 Å². The van der Waals surface area contributed by atoms with E-state index in [1.54, 1.807) is 0 Å². The third kappa shape index (κ3) is 6.92. The maximum atomic E-state index is 9.56. The van der Waals surface area contributed by atoms with Crippen LogP contribution < -0.4 is 11.1 Å². The molecule has 222 valence electrons. The molecule has 0 aliphatic heterocycles. The van der Waals surface area contributed by atoms with Crippen molar-refractivity contribution in [2.75, 3.05) is 11.1 Å². The molecule has 4 rings (SSSR count). The van der Waals surface area contributed by atoms with Crippen LogP contribution in [0.3, 0.4) is 0 Å². The number of para-hydroxylation sites is 3. The van der Waals surface area contributed by atoms with E-state index in [1.165, 1.54) is 11.1 Å². The van der Waals surface area contributed by atoms with Gasteiger partial charge in [-0.25, -0.2) is 0 Å². The molecular formula is C40H52N2. The molecule has 0 saturated carbocycles. The third-order valence-electron chi connectivity index (χ3n) is 7.78. The number of anilines is 3. The van der Waals surface area contributed by atoms with Gasteiger partial charge in [0.1, 0.15) is 0 Å². The zero-order valence-corrected chi connectivity index (χ0v) is 27.9. The third-order valence-corrected chi connectivity index (χ3v) is 7.78. The highest BCUT2D eigenvalue weighted by Gasteiger charge is 2.25. The van der Waals surface area contributed by atoms with Gasteiger partial charge in [0.2, 0.25) is 0 Å². The van der Waals surface area contributed by atoms with Crippen LogP contribution in [0.5, 0.6) is 0 Å². The second-order valence-electron chi connectivity index (χ2n) is 15.7. The first-order valence-electron chi connectivity index (χ1n) is 16.6. The molecule has 3 N–H and O–H groups in total. The van der Waals surface area contributed by atoms with E-state index in [0.29, 0.717) is 28.4 Å². The van der Waals surface area contributed by atoms with Gasteiger partial charge in [-0.3, -0.25) is 0 Å². The number of nitrogens with one attached hydrogen (secondary N) is 1. The van der Waals surface area contributed by atoms with E-state index in [0.717, 1.165) is 28.1 Å². The summed E-state index contributed by atoms with van der Waals surface area (Å²) in [5.74, 6) is 0. The van der Waals surface area contributed by atoms with E-state index in [-0.39, 0.29) is 22.9 Å².